The molecule has 0 fully saturated rings. The van der Waals surface area contributed by atoms with Gasteiger partial charge in [-0.15, -0.1) is 0 Å². The number of imide groups is 1. The largest absolute Gasteiger partial charge is 0.495 e. The van der Waals surface area contributed by atoms with Crippen molar-refractivity contribution in [3.63, 3.8) is 0 Å². The highest BCUT2D eigenvalue weighted by atomic mass is 35.5. The molecule has 0 unspecified atom stereocenters. The highest BCUT2D eigenvalue weighted by Crippen LogP contribution is 2.36. The van der Waals surface area contributed by atoms with E-state index >= 15 is 0 Å². The van der Waals surface area contributed by atoms with Crippen molar-refractivity contribution in [2.45, 2.75) is 6.92 Å². The smallest absolute Gasteiger partial charge is 0.283 e. The molecule has 5 nitrogen and oxygen atoms in total. The van der Waals surface area contributed by atoms with E-state index in [1.165, 1.54) is 25.3 Å². The van der Waals surface area contributed by atoms with Gasteiger partial charge < -0.3 is 10.1 Å². The molecule has 2 aromatic rings. The number of para-hydroxylation sites is 1. The highest BCUT2D eigenvalue weighted by molar-refractivity contribution is 6.53. The molecule has 1 heterocycles. The third-order valence-corrected chi connectivity index (χ3v) is 4.62. The molecular weight excluding hydrogens is 382 g/mol. The molecule has 0 saturated carbocycles. The number of hydrogen-bond acceptors (Lipinski definition) is 4. The van der Waals surface area contributed by atoms with Crippen LogP contribution in [-0.4, -0.2) is 18.9 Å². The fourth-order valence-corrected chi connectivity index (χ4v) is 2.89. The van der Waals surface area contributed by atoms with Gasteiger partial charge in [0.15, 0.2) is 0 Å². The Bertz CT molecular complexity index is 959. The van der Waals surface area contributed by atoms with E-state index in [9.17, 15) is 14.0 Å². The van der Waals surface area contributed by atoms with Gasteiger partial charge in [-0.3, -0.25) is 9.59 Å². The van der Waals surface area contributed by atoms with Crippen LogP contribution in [0, 0.1) is 12.7 Å². The summed E-state index contributed by atoms with van der Waals surface area (Å²) in [6.45, 7) is 1.77. The number of ether oxygens (including phenoxy) is 1. The van der Waals surface area contributed by atoms with Gasteiger partial charge in [-0.25, -0.2) is 9.29 Å². The number of carbonyl (C=O) groups excluding carboxylic acids is 2. The van der Waals surface area contributed by atoms with Crippen molar-refractivity contribution in [1.82, 2.24) is 0 Å². The molecule has 2 aromatic carbocycles. The van der Waals surface area contributed by atoms with Crippen molar-refractivity contribution in [2.75, 3.05) is 17.3 Å². The van der Waals surface area contributed by atoms with Crippen LogP contribution in [0.4, 0.5) is 15.8 Å². The van der Waals surface area contributed by atoms with Gasteiger partial charge in [0.25, 0.3) is 11.8 Å². The van der Waals surface area contributed by atoms with Crippen molar-refractivity contribution in [3.8, 4) is 5.75 Å². The van der Waals surface area contributed by atoms with E-state index in [-0.39, 0.29) is 16.4 Å². The normalized spacial score (nSPS) is 14.3. The SMILES string of the molecule is COc1cc(Cl)c(C)cc1NC1=C(Cl)C(=O)N(c2ccccc2F)C1=O. The molecule has 0 spiro atoms. The second kappa shape index (κ2) is 6.97. The lowest BCUT2D eigenvalue weighted by Crippen LogP contribution is -2.33. The summed E-state index contributed by atoms with van der Waals surface area (Å²) in [5.74, 6) is -1.92. The van der Waals surface area contributed by atoms with Crippen LogP contribution in [-0.2, 0) is 9.59 Å². The molecule has 1 aliphatic heterocycles. The first-order chi connectivity index (χ1) is 12.3. The molecule has 2 amide bonds. The maximum Gasteiger partial charge on any atom is 0.283 e. The Kier molecular flexibility index (Phi) is 4.89. The van der Waals surface area contributed by atoms with E-state index in [1.807, 2.05) is 0 Å². The zero-order valence-corrected chi connectivity index (χ0v) is 15.3. The summed E-state index contributed by atoms with van der Waals surface area (Å²) in [6, 6.07) is 8.68. The lowest BCUT2D eigenvalue weighted by molar-refractivity contribution is -0.120. The number of anilines is 2. The van der Waals surface area contributed by atoms with Crippen LogP contribution in [0.1, 0.15) is 5.56 Å². The lowest BCUT2D eigenvalue weighted by atomic mass is 10.2. The Morgan fingerprint density at radius 3 is 2.46 bits per heavy atom. The van der Waals surface area contributed by atoms with Crippen LogP contribution in [0.2, 0.25) is 5.02 Å². The molecule has 0 radical (unpaired) electrons. The molecule has 0 bridgehead atoms. The fourth-order valence-electron chi connectivity index (χ4n) is 2.53. The van der Waals surface area contributed by atoms with Crippen LogP contribution in [0.3, 0.4) is 0 Å². The number of aryl methyl sites for hydroxylation is 1. The molecule has 0 atom stereocenters. The number of hydrogen-bond donors (Lipinski definition) is 1. The number of nitrogens with zero attached hydrogens (tertiary/aromatic N) is 1. The van der Waals surface area contributed by atoms with Gasteiger partial charge in [-0.2, -0.15) is 0 Å². The average molecular weight is 395 g/mol. The summed E-state index contributed by atoms with van der Waals surface area (Å²) in [7, 11) is 1.44. The molecule has 134 valence electrons. The van der Waals surface area contributed by atoms with Crippen molar-refractivity contribution in [3.05, 3.63) is 63.5 Å². The maximum atomic E-state index is 14.0. The number of carbonyl (C=O) groups is 2. The summed E-state index contributed by atoms with van der Waals surface area (Å²) in [5, 5.41) is 2.95. The Labute approximate surface area is 159 Å². The zero-order chi connectivity index (χ0) is 19.0. The third kappa shape index (κ3) is 3.02. The first kappa shape index (κ1) is 18.2. The quantitative estimate of drug-likeness (QED) is 0.788. The zero-order valence-electron chi connectivity index (χ0n) is 13.8. The van der Waals surface area contributed by atoms with Gasteiger partial charge in [-0.05, 0) is 30.7 Å². The number of halogens is 3. The van der Waals surface area contributed by atoms with Crippen LogP contribution in [0.25, 0.3) is 0 Å². The second-order valence-corrected chi connectivity index (χ2v) is 6.30. The average Bonchev–Trinajstić information content (AvgIpc) is 2.82. The van der Waals surface area contributed by atoms with E-state index in [4.69, 9.17) is 27.9 Å². The van der Waals surface area contributed by atoms with E-state index in [0.29, 0.717) is 21.4 Å². The van der Waals surface area contributed by atoms with Crippen LogP contribution in [0.5, 0.6) is 5.75 Å². The summed E-state index contributed by atoms with van der Waals surface area (Å²) in [5.41, 5.74) is 0.796. The second-order valence-electron chi connectivity index (χ2n) is 5.51. The van der Waals surface area contributed by atoms with Crippen molar-refractivity contribution < 1.29 is 18.7 Å². The highest BCUT2D eigenvalue weighted by Gasteiger charge is 2.40. The minimum atomic E-state index is -0.811. The predicted octanol–water partition coefficient (Wildman–Crippen LogP) is 4.23. The maximum absolute atomic E-state index is 14.0. The van der Waals surface area contributed by atoms with Crippen LogP contribution >= 0.6 is 23.2 Å². The minimum Gasteiger partial charge on any atom is -0.495 e. The van der Waals surface area contributed by atoms with E-state index in [2.05, 4.69) is 5.32 Å². The summed E-state index contributed by atoms with van der Waals surface area (Å²) in [4.78, 5) is 25.8. The molecular formula is C18H13Cl2FN2O3. The molecule has 1 N–H and O–H groups in total. The van der Waals surface area contributed by atoms with Crippen molar-refractivity contribution in [2.24, 2.45) is 0 Å². The van der Waals surface area contributed by atoms with Crippen LogP contribution < -0.4 is 15.0 Å². The number of methoxy groups -OCH3 is 1. The monoisotopic (exact) mass is 394 g/mol. The van der Waals surface area contributed by atoms with Gasteiger partial charge in [0.05, 0.1) is 18.5 Å². The summed E-state index contributed by atoms with van der Waals surface area (Å²) < 4.78 is 19.3. The standard InChI is InChI=1S/C18H13Cl2FN2O3/c1-9-7-12(14(26-2)8-10(9)19)22-16-15(20)17(24)23(18(16)25)13-6-4-3-5-11(13)21/h3-8,22H,1-2H3. The minimum absolute atomic E-state index is 0.167. The Morgan fingerprint density at radius 1 is 1.12 bits per heavy atom. The van der Waals surface area contributed by atoms with Crippen LogP contribution in [0.15, 0.2) is 47.1 Å². The van der Waals surface area contributed by atoms with E-state index < -0.39 is 17.6 Å². The van der Waals surface area contributed by atoms with E-state index in [1.54, 1.807) is 19.1 Å². The first-order valence-electron chi connectivity index (χ1n) is 7.49. The summed E-state index contributed by atoms with van der Waals surface area (Å²) >= 11 is 12.1. The van der Waals surface area contributed by atoms with E-state index in [0.717, 1.165) is 11.6 Å². The third-order valence-electron chi connectivity index (χ3n) is 3.86. The molecule has 26 heavy (non-hydrogen) atoms. The number of nitrogens with one attached hydrogen (secondary N) is 1. The predicted molar refractivity (Wildman–Crippen MR) is 98.1 cm³/mol. The number of rotatable bonds is 4. The Balaban J connectivity index is 2.00. The molecule has 8 heteroatoms. The number of benzene rings is 2. The molecule has 3 rings (SSSR count). The lowest BCUT2D eigenvalue weighted by Gasteiger charge is -2.16. The topological polar surface area (TPSA) is 58.6 Å². The van der Waals surface area contributed by atoms with Gasteiger partial charge in [-0.1, -0.05) is 35.3 Å². The molecule has 0 aliphatic carbocycles. The molecule has 0 saturated heterocycles. The first-order valence-corrected chi connectivity index (χ1v) is 8.25. The van der Waals surface area contributed by atoms with Gasteiger partial charge >= 0.3 is 0 Å². The fraction of sp³-hybridized carbons (Fsp3) is 0.111. The van der Waals surface area contributed by atoms with Gasteiger partial charge in [0, 0.05) is 11.1 Å². The summed E-state index contributed by atoms with van der Waals surface area (Å²) in [6.07, 6.45) is 0. The van der Waals surface area contributed by atoms with Crippen molar-refractivity contribution >= 4 is 46.4 Å². The number of amides is 2. The van der Waals surface area contributed by atoms with Gasteiger partial charge in [0.1, 0.15) is 22.3 Å². The Hall–Kier alpha value is -2.57. The molecule has 1 aliphatic rings. The van der Waals surface area contributed by atoms with Crippen molar-refractivity contribution in [1.29, 1.82) is 0 Å². The van der Waals surface area contributed by atoms with Gasteiger partial charge in [0.2, 0.25) is 0 Å². The Morgan fingerprint density at radius 2 is 1.81 bits per heavy atom. The molecule has 0 aromatic heterocycles.